The topological polar surface area (TPSA) is 75.6 Å². The number of ether oxygens (including phenoxy) is 1. The molecule has 2 N–H and O–H groups in total. The maximum absolute atomic E-state index is 11.8. The lowest BCUT2D eigenvalue weighted by atomic mass is 10.1. The average molecular weight is 277 g/mol. The van der Waals surface area contributed by atoms with Gasteiger partial charge in [0.25, 0.3) is 5.91 Å². The molecule has 0 aliphatic heterocycles. The smallest absolute Gasteiger partial charge is 0.328 e. The number of carbonyl (C=O) groups is 2. The summed E-state index contributed by atoms with van der Waals surface area (Å²) < 4.78 is 5.32. The van der Waals surface area contributed by atoms with Gasteiger partial charge in [-0.3, -0.25) is 4.79 Å². The van der Waals surface area contributed by atoms with Crippen molar-refractivity contribution < 1.29 is 19.4 Å². The first-order chi connectivity index (χ1) is 9.49. The molecule has 1 aromatic carbocycles. The molecule has 108 valence electrons. The Morgan fingerprint density at radius 1 is 1.30 bits per heavy atom. The van der Waals surface area contributed by atoms with E-state index in [1.54, 1.807) is 24.3 Å². The molecular formula is C15H19NO4. The van der Waals surface area contributed by atoms with Gasteiger partial charge < -0.3 is 15.2 Å². The zero-order valence-corrected chi connectivity index (χ0v) is 11.6. The van der Waals surface area contributed by atoms with E-state index in [9.17, 15) is 9.59 Å². The Balaban J connectivity index is 2.47. The molecule has 0 aromatic heterocycles. The van der Waals surface area contributed by atoms with Crippen LogP contribution in [-0.4, -0.2) is 36.2 Å². The fraction of sp³-hybridized carbons (Fsp3) is 0.333. The van der Waals surface area contributed by atoms with Crippen LogP contribution in [0.5, 0.6) is 0 Å². The second-order valence-electron chi connectivity index (χ2n) is 4.47. The number of hydrogen-bond acceptors (Lipinski definition) is 3. The third-order valence-electron chi connectivity index (χ3n) is 2.43. The van der Waals surface area contributed by atoms with Gasteiger partial charge in [0.1, 0.15) is 0 Å². The maximum atomic E-state index is 11.8. The molecule has 0 aliphatic rings. The molecule has 0 heterocycles. The van der Waals surface area contributed by atoms with Crippen LogP contribution >= 0.6 is 0 Å². The van der Waals surface area contributed by atoms with Gasteiger partial charge in [-0.25, -0.2) is 4.79 Å². The molecule has 1 aromatic rings. The lowest BCUT2D eigenvalue weighted by molar-refractivity contribution is -0.131. The molecule has 0 atom stereocenters. The van der Waals surface area contributed by atoms with Crippen LogP contribution < -0.4 is 5.32 Å². The van der Waals surface area contributed by atoms with Gasteiger partial charge in [-0.2, -0.15) is 0 Å². The number of rotatable bonds is 7. The van der Waals surface area contributed by atoms with E-state index in [0.717, 1.165) is 11.6 Å². The van der Waals surface area contributed by atoms with Crippen LogP contribution in [0.3, 0.4) is 0 Å². The molecule has 0 radical (unpaired) electrons. The molecule has 0 spiro atoms. The van der Waals surface area contributed by atoms with Gasteiger partial charge in [0, 0.05) is 18.2 Å². The minimum Gasteiger partial charge on any atom is -0.478 e. The monoisotopic (exact) mass is 277 g/mol. The van der Waals surface area contributed by atoms with Gasteiger partial charge in [0.15, 0.2) is 0 Å². The molecule has 0 saturated heterocycles. The van der Waals surface area contributed by atoms with Crippen molar-refractivity contribution in [3.05, 3.63) is 41.5 Å². The summed E-state index contributed by atoms with van der Waals surface area (Å²) in [6.07, 6.45) is 2.67. The molecule has 0 unspecified atom stereocenters. The van der Waals surface area contributed by atoms with E-state index in [0.29, 0.717) is 18.7 Å². The fourth-order valence-corrected chi connectivity index (χ4v) is 1.47. The number of hydrogen-bond donors (Lipinski definition) is 2. The highest BCUT2D eigenvalue weighted by Gasteiger charge is 2.04. The lowest BCUT2D eigenvalue weighted by Crippen LogP contribution is -2.28. The van der Waals surface area contributed by atoms with Crippen molar-refractivity contribution in [3.63, 3.8) is 0 Å². The summed E-state index contributed by atoms with van der Waals surface area (Å²) in [7, 11) is 0. The van der Waals surface area contributed by atoms with E-state index < -0.39 is 5.97 Å². The maximum Gasteiger partial charge on any atom is 0.328 e. The fourth-order valence-electron chi connectivity index (χ4n) is 1.47. The third kappa shape index (κ3) is 6.15. The molecular weight excluding hydrogens is 258 g/mol. The standard InChI is InChI=1S/C15H19NO4/c1-11(2)20-10-9-16-15(19)13-6-3-12(4-7-13)5-8-14(17)18/h3-8,11H,9-10H2,1-2H3,(H,16,19)(H,17,18)/b8-5+. The average Bonchev–Trinajstić information content (AvgIpc) is 2.41. The number of benzene rings is 1. The van der Waals surface area contributed by atoms with Crippen molar-refractivity contribution >= 4 is 18.0 Å². The largest absolute Gasteiger partial charge is 0.478 e. The highest BCUT2D eigenvalue weighted by atomic mass is 16.5. The molecule has 5 heteroatoms. The zero-order chi connectivity index (χ0) is 15.0. The quantitative estimate of drug-likeness (QED) is 0.590. The third-order valence-corrected chi connectivity index (χ3v) is 2.43. The van der Waals surface area contributed by atoms with Crippen molar-refractivity contribution in [3.8, 4) is 0 Å². The van der Waals surface area contributed by atoms with Gasteiger partial charge in [0.2, 0.25) is 0 Å². The van der Waals surface area contributed by atoms with Gasteiger partial charge in [0.05, 0.1) is 12.7 Å². The second kappa shape index (κ2) is 8.12. The summed E-state index contributed by atoms with van der Waals surface area (Å²) in [5, 5.41) is 11.3. The van der Waals surface area contributed by atoms with Crippen LogP contribution in [0.1, 0.15) is 29.8 Å². The summed E-state index contributed by atoms with van der Waals surface area (Å²) in [5.74, 6) is -1.18. The minimum atomic E-state index is -1.00. The predicted octanol–water partition coefficient (Wildman–Crippen LogP) is 1.94. The van der Waals surface area contributed by atoms with Gasteiger partial charge in [-0.05, 0) is 37.6 Å². The summed E-state index contributed by atoms with van der Waals surface area (Å²) in [5.41, 5.74) is 1.26. The SMILES string of the molecule is CC(C)OCCNC(=O)c1ccc(/C=C/C(=O)O)cc1. The van der Waals surface area contributed by atoms with Crippen LogP contribution in [0.4, 0.5) is 0 Å². The van der Waals surface area contributed by atoms with E-state index in [2.05, 4.69) is 5.32 Å². The summed E-state index contributed by atoms with van der Waals surface area (Å²) in [6, 6.07) is 6.69. The van der Waals surface area contributed by atoms with E-state index in [1.807, 2.05) is 13.8 Å². The molecule has 0 aliphatic carbocycles. The number of amides is 1. The number of carboxylic acids is 1. The van der Waals surface area contributed by atoms with Crippen LogP contribution in [0.25, 0.3) is 6.08 Å². The zero-order valence-electron chi connectivity index (χ0n) is 11.6. The first-order valence-corrected chi connectivity index (χ1v) is 6.40. The van der Waals surface area contributed by atoms with Crippen molar-refractivity contribution in [1.29, 1.82) is 0 Å². The van der Waals surface area contributed by atoms with E-state index in [4.69, 9.17) is 9.84 Å². The van der Waals surface area contributed by atoms with Crippen molar-refractivity contribution in [2.45, 2.75) is 20.0 Å². The van der Waals surface area contributed by atoms with Crippen molar-refractivity contribution in [1.82, 2.24) is 5.32 Å². The van der Waals surface area contributed by atoms with Gasteiger partial charge >= 0.3 is 5.97 Å². The lowest BCUT2D eigenvalue weighted by Gasteiger charge is -2.08. The van der Waals surface area contributed by atoms with E-state index in [1.165, 1.54) is 6.08 Å². The first-order valence-electron chi connectivity index (χ1n) is 6.40. The van der Waals surface area contributed by atoms with Gasteiger partial charge in [-0.1, -0.05) is 12.1 Å². The van der Waals surface area contributed by atoms with E-state index in [-0.39, 0.29) is 12.0 Å². The summed E-state index contributed by atoms with van der Waals surface area (Å²) >= 11 is 0. The Hall–Kier alpha value is -2.14. The Kier molecular flexibility index (Phi) is 6.46. The molecule has 0 bridgehead atoms. The van der Waals surface area contributed by atoms with Gasteiger partial charge in [-0.15, -0.1) is 0 Å². The second-order valence-corrected chi connectivity index (χ2v) is 4.47. The Morgan fingerprint density at radius 2 is 1.95 bits per heavy atom. The normalized spacial score (nSPS) is 10.9. The van der Waals surface area contributed by atoms with E-state index >= 15 is 0 Å². The molecule has 5 nitrogen and oxygen atoms in total. The Bertz CT molecular complexity index is 477. The Morgan fingerprint density at radius 3 is 2.50 bits per heavy atom. The Labute approximate surface area is 118 Å². The predicted molar refractivity (Wildman–Crippen MR) is 76.5 cm³/mol. The number of carbonyl (C=O) groups excluding carboxylic acids is 1. The highest BCUT2D eigenvalue weighted by Crippen LogP contribution is 2.06. The number of nitrogens with one attached hydrogen (secondary N) is 1. The summed E-state index contributed by atoms with van der Waals surface area (Å²) in [6.45, 7) is 4.80. The van der Waals surface area contributed by atoms with Crippen LogP contribution in [0, 0.1) is 0 Å². The van der Waals surface area contributed by atoms with Crippen LogP contribution in [0.15, 0.2) is 30.3 Å². The summed E-state index contributed by atoms with van der Waals surface area (Å²) in [4.78, 5) is 22.2. The molecule has 0 fully saturated rings. The highest BCUT2D eigenvalue weighted by molar-refractivity contribution is 5.94. The number of aliphatic carboxylic acids is 1. The van der Waals surface area contributed by atoms with Crippen molar-refractivity contribution in [2.75, 3.05) is 13.2 Å². The molecule has 20 heavy (non-hydrogen) atoms. The first kappa shape index (κ1) is 15.9. The molecule has 1 rings (SSSR count). The molecule has 0 saturated carbocycles. The molecule has 1 amide bonds. The van der Waals surface area contributed by atoms with Crippen LogP contribution in [0.2, 0.25) is 0 Å². The van der Waals surface area contributed by atoms with Crippen molar-refractivity contribution in [2.24, 2.45) is 0 Å². The van der Waals surface area contributed by atoms with Crippen LogP contribution in [-0.2, 0) is 9.53 Å². The minimum absolute atomic E-state index is 0.146. The number of carboxylic acid groups (broad SMARTS) is 1.